The number of rotatable bonds is 0. The topological polar surface area (TPSA) is 3.24 Å². The van der Waals surface area contributed by atoms with Crippen LogP contribution in [0.25, 0.3) is 0 Å². The fourth-order valence-corrected chi connectivity index (χ4v) is 1.75. The molecule has 0 amide bonds. The van der Waals surface area contributed by atoms with Gasteiger partial charge in [-0.3, -0.25) is 4.90 Å². The number of hydrogen-bond acceptors (Lipinski definition) is 1. The monoisotopic (exact) mass is 147 g/mol. The lowest BCUT2D eigenvalue weighted by Crippen LogP contribution is -2.07. The Morgan fingerprint density at radius 1 is 1.27 bits per heavy atom. The maximum atomic E-state index is 2.34. The largest absolute Gasteiger partial charge is 0.298 e. The third-order valence-corrected chi connectivity index (χ3v) is 2.38. The van der Waals surface area contributed by atoms with Crippen LogP contribution >= 0.6 is 0 Å². The molecule has 0 saturated carbocycles. The maximum absolute atomic E-state index is 2.34. The average Bonchev–Trinajstić information content (AvgIpc) is 2.31. The minimum Gasteiger partial charge on any atom is -0.298 e. The predicted molar refractivity (Wildman–Crippen MR) is 46.4 cm³/mol. The van der Waals surface area contributed by atoms with E-state index in [-0.39, 0.29) is 0 Å². The van der Waals surface area contributed by atoms with Crippen molar-refractivity contribution < 1.29 is 0 Å². The van der Waals surface area contributed by atoms with E-state index in [2.05, 4.69) is 37.1 Å². The molecule has 0 N–H and O–H groups in total. The van der Waals surface area contributed by atoms with Gasteiger partial charge in [0.25, 0.3) is 0 Å². The molecule has 0 spiro atoms. The summed E-state index contributed by atoms with van der Waals surface area (Å²) in [5.74, 6) is 0. The highest BCUT2D eigenvalue weighted by molar-refractivity contribution is 5.36. The first-order chi connectivity index (χ1) is 5.27. The molecule has 0 bridgehead atoms. The molecule has 0 radical (unpaired) electrons. The van der Waals surface area contributed by atoms with E-state index >= 15 is 0 Å². The molecule has 0 saturated heterocycles. The lowest BCUT2D eigenvalue weighted by atomic mass is 10.1. The van der Waals surface area contributed by atoms with Gasteiger partial charge in [-0.1, -0.05) is 18.2 Å². The van der Waals surface area contributed by atoms with E-state index in [1.54, 1.807) is 0 Å². The van der Waals surface area contributed by atoms with Crippen molar-refractivity contribution in [2.75, 3.05) is 7.05 Å². The van der Waals surface area contributed by atoms with Crippen molar-refractivity contribution in [3.63, 3.8) is 0 Å². The van der Waals surface area contributed by atoms with Crippen LogP contribution in [0.4, 0.5) is 0 Å². The van der Waals surface area contributed by atoms with Gasteiger partial charge in [0.1, 0.15) is 0 Å². The van der Waals surface area contributed by atoms with E-state index in [1.807, 2.05) is 0 Å². The van der Waals surface area contributed by atoms with Gasteiger partial charge in [0.15, 0.2) is 0 Å². The van der Waals surface area contributed by atoms with E-state index in [1.165, 1.54) is 16.7 Å². The Morgan fingerprint density at radius 2 is 2.09 bits per heavy atom. The molecule has 1 aliphatic heterocycles. The van der Waals surface area contributed by atoms with Crippen LogP contribution in [-0.4, -0.2) is 11.9 Å². The first-order valence-corrected chi connectivity index (χ1v) is 4.03. The zero-order chi connectivity index (χ0) is 7.84. The van der Waals surface area contributed by atoms with E-state index < -0.39 is 0 Å². The molecule has 2 rings (SSSR count). The van der Waals surface area contributed by atoms with Gasteiger partial charge >= 0.3 is 0 Å². The van der Waals surface area contributed by atoms with Crippen molar-refractivity contribution in [1.29, 1.82) is 0 Å². The number of aryl methyl sites for hydroxylation is 1. The lowest BCUT2D eigenvalue weighted by Gasteiger charge is -2.03. The molecule has 58 valence electrons. The average molecular weight is 147 g/mol. The first-order valence-electron chi connectivity index (χ1n) is 4.03. The SMILES string of the molecule is Cc1cccc2c1CN(C)C2. The smallest absolute Gasteiger partial charge is 0.0240 e. The molecule has 1 aromatic rings. The number of benzene rings is 1. The van der Waals surface area contributed by atoms with Gasteiger partial charge in [0, 0.05) is 13.1 Å². The van der Waals surface area contributed by atoms with Gasteiger partial charge in [-0.2, -0.15) is 0 Å². The zero-order valence-electron chi connectivity index (χ0n) is 7.09. The maximum Gasteiger partial charge on any atom is 0.0240 e. The Balaban J connectivity index is 2.49. The van der Waals surface area contributed by atoms with Gasteiger partial charge in [-0.15, -0.1) is 0 Å². The summed E-state index contributed by atoms with van der Waals surface area (Å²) >= 11 is 0. The highest BCUT2D eigenvalue weighted by Gasteiger charge is 2.15. The highest BCUT2D eigenvalue weighted by atomic mass is 15.1. The molecular formula is C10H13N. The number of nitrogens with zero attached hydrogens (tertiary/aromatic N) is 1. The van der Waals surface area contributed by atoms with Gasteiger partial charge in [-0.05, 0) is 30.7 Å². The summed E-state index contributed by atoms with van der Waals surface area (Å²) in [6, 6.07) is 6.57. The Hall–Kier alpha value is -0.820. The minimum atomic E-state index is 1.12. The normalized spacial score (nSPS) is 16.9. The zero-order valence-corrected chi connectivity index (χ0v) is 7.09. The summed E-state index contributed by atoms with van der Waals surface area (Å²) in [5.41, 5.74) is 4.48. The Kier molecular flexibility index (Phi) is 1.46. The van der Waals surface area contributed by atoms with E-state index in [9.17, 15) is 0 Å². The van der Waals surface area contributed by atoms with Crippen LogP contribution in [0.1, 0.15) is 16.7 Å². The molecule has 0 unspecified atom stereocenters. The Labute approximate surface area is 67.6 Å². The molecule has 0 aromatic heterocycles. The van der Waals surface area contributed by atoms with E-state index in [0.29, 0.717) is 0 Å². The minimum absolute atomic E-state index is 1.12. The van der Waals surface area contributed by atoms with Crippen molar-refractivity contribution in [2.24, 2.45) is 0 Å². The van der Waals surface area contributed by atoms with E-state index in [4.69, 9.17) is 0 Å². The molecule has 1 aromatic carbocycles. The molecule has 0 fully saturated rings. The first kappa shape index (κ1) is 6.86. The second-order valence-corrected chi connectivity index (χ2v) is 3.38. The van der Waals surface area contributed by atoms with E-state index in [0.717, 1.165) is 13.1 Å². The fourth-order valence-electron chi connectivity index (χ4n) is 1.75. The molecule has 1 heteroatoms. The molecular weight excluding hydrogens is 134 g/mol. The highest BCUT2D eigenvalue weighted by Crippen LogP contribution is 2.23. The summed E-state index contributed by atoms with van der Waals surface area (Å²) in [6.07, 6.45) is 0. The second-order valence-electron chi connectivity index (χ2n) is 3.38. The third-order valence-electron chi connectivity index (χ3n) is 2.38. The predicted octanol–water partition coefficient (Wildman–Crippen LogP) is 1.94. The molecule has 0 atom stereocenters. The number of hydrogen-bond donors (Lipinski definition) is 0. The third kappa shape index (κ3) is 1.05. The molecule has 1 nitrogen and oxygen atoms in total. The van der Waals surface area contributed by atoms with Crippen molar-refractivity contribution in [1.82, 2.24) is 4.90 Å². The Morgan fingerprint density at radius 3 is 2.82 bits per heavy atom. The second kappa shape index (κ2) is 2.35. The summed E-state index contributed by atoms with van der Waals surface area (Å²) in [6.45, 7) is 4.44. The number of fused-ring (bicyclic) bond motifs is 1. The van der Waals surface area contributed by atoms with Crippen LogP contribution in [0.15, 0.2) is 18.2 Å². The van der Waals surface area contributed by atoms with Crippen LogP contribution in [-0.2, 0) is 13.1 Å². The van der Waals surface area contributed by atoms with Crippen molar-refractivity contribution in [2.45, 2.75) is 20.0 Å². The van der Waals surface area contributed by atoms with Crippen LogP contribution in [0.5, 0.6) is 0 Å². The standard InChI is InChI=1S/C10H13N/c1-8-4-3-5-9-6-11(2)7-10(8)9/h3-5H,6-7H2,1-2H3. The quantitative estimate of drug-likeness (QED) is 0.542. The van der Waals surface area contributed by atoms with Crippen molar-refractivity contribution in [3.05, 3.63) is 34.9 Å². The van der Waals surface area contributed by atoms with Gasteiger partial charge in [-0.25, -0.2) is 0 Å². The van der Waals surface area contributed by atoms with Crippen LogP contribution in [0.2, 0.25) is 0 Å². The molecule has 1 heterocycles. The summed E-state index contributed by atoms with van der Waals surface area (Å²) in [7, 11) is 2.17. The summed E-state index contributed by atoms with van der Waals surface area (Å²) < 4.78 is 0. The molecule has 1 aliphatic rings. The van der Waals surface area contributed by atoms with Crippen molar-refractivity contribution >= 4 is 0 Å². The van der Waals surface area contributed by atoms with Crippen LogP contribution in [0, 0.1) is 6.92 Å². The van der Waals surface area contributed by atoms with Crippen LogP contribution in [0.3, 0.4) is 0 Å². The van der Waals surface area contributed by atoms with Crippen LogP contribution < -0.4 is 0 Å². The van der Waals surface area contributed by atoms with Crippen molar-refractivity contribution in [3.8, 4) is 0 Å². The summed E-state index contributed by atoms with van der Waals surface area (Å²) in [5, 5.41) is 0. The fraction of sp³-hybridized carbons (Fsp3) is 0.400. The molecule has 11 heavy (non-hydrogen) atoms. The summed E-state index contributed by atoms with van der Waals surface area (Å²) in [4.78, 5) is 2.34. The van der Waals surface area contributed by atoms with Gasteiger partial charge in [0.2, 0.25) is 0 Å². The lowest BCUT2D eigenvalue weighted by molar-refractivity contribution is 0.353. The Bertz CT molecular complexity index is 278. The van der Waals surface area contributed by atoms with Gasteiger partial charge < -0.3 is 0 Å². The van der Waals surface area contributed by atoms with Gasteiger partial charge in [0.05, 0.1) is 0 Å². The molecule has 0 aliphatic carbocycles.